The normalized spacial score (nSPS) is 18.1. The molecule has 2 aromatic rings. The van der Waals surface area contributed by atoms with Gasteiger partial charge in [-0.3, -0.25) is 9.69 Å². The van der Waals surface area contributed by atoms with E-state index in [1.165, 1.54) is 6.42 Å². The Labute approximate surface area is 189 Å². The van der Waals surface area contributed by atoms with Crippen molar-refractivity contribution in [2.75, 3.05) is 28.2 Å². The third-order valence-corrected chi connectivity index (χ3v) is 5.44. The van der Waals surface area contributed by atoms with Crippen LogP contribution in [0.5, 0.6) is 0 Å². The van der Waals surface area contributed by atoms with Crippen molar-refractivity contribution in [3.05, 3.63) is 42.2 Å². The number of aliphatic carboxylic acids is 1. The van der Waals surface area contributed by atoms with Crippen molar-refractivity contribution >= 4 is 29.2 Å². The third kappa shape index (κ3) is 5.91. The molecule has 8 nitrogen and oxygen atoms in total. The van der Waals surface area contributed by atoms with Gasteiger partial charge in [-0.15, -0.1) is 0 Å². The number of alkyl halides is 3. The highest BCUT2D eigenvalue weighted by molar-refractivity contribution is 6.06. The number of nitrogens with one attached hydrogen (secondary N) is 1. The molecule has 1 unspecified atom stereocenters. The highest BCUT2D eigenvalue weighted by Gasteiger charge is 2.38. The highest BCUT2D eigenvalue weighted by Crippen LogP contribution is 2.39. The lowest BCUT2D eigenvalue weighted by molar-refractivity contribution is -0.192. The molecule has 2 N–H and O–H groups in total. The van der Waals surface area contributed by atoms with Gasteiger partial charge in [0, 0.05) is 13.1 Å². The Bertz CT molecular complexity index is 965. The van der Waals surface area contributed by atoms with Gasteiger partial charge in [0.2, 0.25) is 5.91 Å². The number of fused-ring (bicyclic) bond motifs is 1. The molecule has 11 heteroatoms. The first kappa shape index (κ1) is 24.3. The van der Waals surface area contributed by atoms with Crippen molar-refractivity contribution < 1.29 is 27.9 Å². The number of aromatic nitrogens is 2. The van der Waals surface area contributed by atoms with Gasteiger partial charge in [-0.1, -0.05) is 37.3 Å². The molecular formula is C22H26F3N5O3. The summed E-state index contributed by atoms with van der Waals surface area (Å²) in [6.07, 6.45) is 0.838. The second-order valence-electron chi connectivity index (χ2n) is 7.76. The number of halogens is 3. The fourth-order valence-corrected chi connectivity index (χ4v) is 3.79. The summed E-state index contributed by atoms with van der Waals surface area (Å²) in [4.78, 5) is 35.2. The minimum atomic E-state index is -5.08. The number of carboxylic acid groups (broad SMARTS) is 1. The van der Waals surface area contributed by atoms with Crippen molar-refractivity contribution in [1.82, 2.24) is 9.97 Å². The highest BCUT2D eigenvalue weighted by atomic mass is 19.4. The van der Waals surface area contributed by atoms with E-state index in [1.54, 1.807) is 6.33 Å². The molecule has 0 bridgehead atoms. The molecule has 4 rings (SSSR count). The van der Waals surface area contributed by atoms with Crippen LogP contribution in [0.1, 0.15) is 38.2 Å². The van der Waals surface area contributed by atoms with E-state index < -0.39 is 12.1 Å². The number of anilines is 3. The number of carbonyl (C=O) groups is 2. The zero-order chi connectivity index (χ0) is 24.0. The molecule has 33 heavy (non-hydrogen) atoms. The maximum absolute atomic E-state index is 13.1. The first-order valence-corrected chi connectivity index (χ1v) is 10.7. The lowest BCUT2D eigenvalue weighted by atomic mass is 10.1. The van der Waals surface area contributed by atoms with E-state index in [0.717, 1.165) is 55.2 Å². The van der Waals surface area contributed by atoms with Crippen LogP contribution >= 0.6 is 0 Å². The number of amides is 1. The zero-order valence-electron chi connectivity index (χ0n) is 18.2. The van der Waals surface area contributed by atoms with E-state index >= 15 is 0 Å². The molecule has 1 fully saturated rings. The molecule has 0 spiro atoms. The Morgan fingerprint density at radius 1 is 1.15 bits per heavy atom. The topological polar surface area (TPSA) is 98.7 Å². The molecule has 2 aliphatic heterocycles. The first-order chi connectivity index (χ1) is 15.7. The second-order valence-corrected chi connectivity index (χ2v) is 7.76. The number of carbonyl (C=O) groups excluding carboxylic acids is 1. The summed E-state index contributed by atoms with van der Waals surface area (Å²) in [5.41, 5.74) is 1.94. The molecule has 2 aliphatic rings. The Kier molecular flexibility index (Phi) is 7.72. The molecule has 1 aromatic heterocycles. The molecule has 0 radical (unpaired) electrons. The Morgan fingerprint density at radius 2 is 1.79 bits per heavy atom. The Morgan fingerprint density at radius 3 is 2.36 bits per heavy atom. The van der Waals surface area contributed by atoms with E-state index in [2.05, 4.69) is 32.3 Å². The van der Waals surface area contributed by atoms with Gasteiger partial charge in [0.25, 0.3) is 0 Å². The summed E-state index contributed by atoms with van der Waals surface area (Å²) in [7, 11) is 0. The fraction of sp³-hybridized carbons (Fsp3) is 0.455. The van der Waals surface area contributed by atoms with Crippen LogP contribution in [0.4, 0.5) is 30.5 Å². The fourth-order valence-electron chi connectivity index (χ4n) is 3.79. The van der Waals surface area contributed by atoms with Gasteiger partial charge < -0.3 is 15.3 Å². The van der Waals surface area contributed by atoms with E-state index in [9.17, 15) is 18.0 Å². The van der Waals surface area contributed by atoms with Crippen molar-refractivity contribution in [2.24, 2.45) is 0 Å². The molecule has 0 aliphatic carbocycles. The lowest BCUT2D eigenvalue weighted by Gasteiger charge is -2.38. The van der Waals surface area contributed by atoms with E-state index in [4.69, 9.17) is 9.90 Å². The largest absolute Gasteiger partial charge is 0.490 e. The van der Waals surface area contributed by atoms with E-state index in [1.807, 2.05) is 30.0 Å². The number of carboxylic acids is 1. The molecule has 1 atom stereocenters. The number of hydrogen-bond acceptors (Lipinski definition) is 6. The summed E-state index contributed by atoms with van der Waals surface area (Å²) in [5, 5.41) is 10.4. The van der Waals surface area contributed by atoms with E-state index in [-0.39, 0.29) is 11.9 Å². The predicted octanol–water partition coefficient (Wildman–Crippen LogP) is 3.84. The van der Waals surface area contributed by atoms with Crippen molar-refractivity contribution in [3.8, 4) is 0 Å². The van der Waals surface area contributed by atoms with Gasteiger partial charge in [-0.25, -0.2) is 14.8 Å². The summed E-state index contributed by atoms with van der Waals surface area (Å²) in [6, 6.07) is 9.88. The standard InChI is InChI=1S/C20H25N5O.C2HF3O2/c1-2-16-20(26)25(13-15-9-5-3-6-10-15)17-18(23-16)21-14-22-19(17)24-11-7-4-8-12-24;3-2(4,5)1(6)7/h3,5-6,9-10,14,16H,2,4,7-8,11-13H2,1H3,(H,21,22,23);(H,6,7). The second kappa shape index (κ2) is 10.5. The number of rotatable bonds is 4. The Balaban J connectivity index is 0.000000383. The molecular weight excluding hydrogens is 439 g/mol. The first-order valence-electron chi connectivity index (χ1n) is 10.7. The average Bonchev–Trinajstić information content (AvgIpc) is 2.81. The number of nitrogens with zero attached hydrogens (tertiary/aromatic N) is 4. The quantitative estimate of drug-likeness (QED) is 0.708. The van der Waals surface area contributed by atoms with Crippen LogP contribution < -0.4 is 15.1 Å². The van der Waals surface area contributed by atoms with Crippen LogP contribution in [0.2, 0.25) is 0 Å². The molecule has 1 aromatic carbocycles. The number of benzene rings is 1. The average molecular weight is 465 g/mol. The molecule has 0 saturated carbocycles. The molecule has 178 valence electrons. The number of piperidine rings is 1. The van der Waals surface area contributed by atoms with Crippen LogP contribution in [0.3, 0.4) is 0 Å². The lowest BCUT2D eigenvalue weighted by Crippen LogP contribution is -2.48. The SMILES string of the molecule is CCC1Nc2ncnc(N3CCCCC3)c2N(Cc2ccccc2)C1=O.O=C(O)C(F)(F)F. The summed E-state index contributed by atoms with van der Waals surface area (Å²) in [5.74, 6) is -1.02. The summed E-state index contributed by atoms with van der Waals surface area (Å²) >= 11 is 0. The van der Waals surface area contributed by atoms with Crippen LogP contribution in [0.15, 0.2) is 36.7 Å². The van der Waals surface area contributed by atoms with Gasteiger partial charge in [-0.2, -0.15) is 13.2 Å². The van der Waals surface area contributed by atoms with Crippen molar-refractivity contribution in [3.63, 3.8) is 0 Å². The minimum Gasteiger partial charge on any atom is -0.475 e. The van der Waals surface area contributed by atoms with Gasteiger partial charge >= 0.3 is 12.1 Å². The summed E-state index contributed by atoms with van der Waals surface area (Å²) in [6.45, 7) is 4.52. The zero-order valence-corrected chi connectivity index (χ0v) is 18.2. The van der Waals surface area contributed by atoms with Gasteiger partial charge in [0.15, 0.2) is 11.6 Å². The molecule has 1 amide bonds. The summed E-state index contributed by atoms with van der Waals surface area (Å²) < 4.78 is 31.7. The van der Waals surface area contributed by atoms with Crippen molar-refractivity contribution in [1.29, 1.82) is 0 Å². The third-order valence-electron chi connectivity index (χ3n) is 5.44. The van der Waals surface area contributed by atoms with Gasteiger partial charge in [-0.05, 0) is 31.2 Å². The van der Waals surface area contributed by atoms with Gasteiger partial charge in [0.1, 0.15) is 18.1 Å². The smallest absolute Gasteiger partial charge is 0.475 e. The molecule has 3 heterocycles. The van der Waals surface area contributed by atoms with Gasteiger partial charge in [0.05, 0.1) is 6.54 Å². The van der Waals surface area contributed by atoms with E-state index in [0.29, 0.717) is 6.54 Å². The van der Waals surface area contributed by atoms with Crippen LogP contribution in [-0.2, 0) is 16.1 Å². The Hall–Kier alpha value is -3.37. The monoisotopic (exact) mass is 465 g/mol. The maximum Gasteiger partial charge on any atom is 0.490 e. The van der Waals surface area contributed by atoms with Crippen LogP contribution in [-0.4, -0.2) is 52.3 Å². The maximum atomic E-state index is 13.1. The minimum absolute atomic E-state index is 0.0944. The van der Waals surface area contributed by atoms with Crippen molar-refractivity contribution in [2.45, 2.75) is 51.4 Å². The predicted molar refractivity (Wildman–Crippen MR) is 117 cm³/mol. The van der Waals surface area contributed by atoms with Crippen LogP contribution in [0.25, 0.3) is 0 Å². The number of hydrogen-bond donors (Lipinski definition) is 2. The van der Waals surface area contributed by atoms with Crippen LogP contribution in [0, 0.1) is 0 Å². The molecule has 1 saturated heterocycles.